The van der Waals surface area contributed by atoms with E-state index in [2.05, 4.69) is 0 Å². The van der Waals surface area contributed by atoms with Gasteiger partial charge in [0.1, 0.15) is 11.9 Å². The van der Waals surface area contributed by atoms with Crippen molar-refractivity contribution in [2.45, 2.75) is 12.2 Å². The number of hydrogen-bond donors (Lipinski definition) is 3. The number of carbonyl (C=O) groups excluding carboxylic acids is 1. The second-order valence-electron chi connectivity index (χ2n) is 3.16. The van der Waals surface area contributed by atoms with Crippen molar-refractivity contribution in [2.75, 3.05) is 7.11 Å². The topological polar surface area (TPSA) is 92.8 Å². The predicted molar refractivity (Wildman–Crippen MR) is 58.2 cm³/mol. The van der Waals surface area contributed by atoms with Gasteiger partial charge in [-0.2, -0.15) is 0 Å². The molecule has 0 saturated carbocycles. The highest BCUT2D eigenvalue weighted by Crippen LogP contribution is 2.32. The molecule has 1 aromatic carbocycles. The van der Waals surface area contributed by atoms with Crippen molar-refractivity contribution in [2.24, 2.45) is 5.73 Å². The molecule has 0 aliphatic heterocycles. The van der Waals surface area contributed by atoms with Crippen molar-refractivity contribution in [3.63, 3.8) is 0 Å². The van der Waals surface area contributed by atoms with E-state index in [-0.39, 0.29) is 10.6 Å². The van der Waals surface area contributed by atoms with Crippen molar-refractivity contribution in [3.05, 3.63) is 28.8 Å². The lowest BCUT2D eigenvalue weighted by molar-refractivity contribution is -0.131. The molecule has 0 heterocycles. The third-order valence-electron chi connectivity index (χ3n) is 2.12. The number of methoxy groups -OCH3 is 1. The highest BCUT2D eigenvalue weighted by molar-refractivity contribution is 6.32. The van der Waals surface area contributed by atoms with E-state index in [9.17, 15) is 15.0 Å². The van der Waals surface area contributed by atoms with E-state index < -0.39 is 18.1 Å². The van der Waals surface area contributed by atoms with E-state index in [1.807, 2.05) is 0 Å². The monoisotopic (exact) mass is 245 g/mol. The zero-order valence-electron chi connectivity index (χ0n) is 8.55. The van der Waals surface area contributed by atoms with Crippen molar-refractivity contribution < 1.29 is 19.7 Å². The van der Waals surface area contributed by atoms with Crippen LogP contribution in [0.1, 0.15) is 11.7 Å². The lowest BCUT2D eigenvalue weighted by Gasteiger charge is -2.17. The highest BCUT2D eigenvalue weighted by Gasteiger charge is 2.26. The first-order valence-electron chi connectivity index (χ1n) is 4.47. The smallest absolute Gasteiger partial charge is 0.249 e. The van der Waals surface area contributed by atoms with Crippen LogP contribution in [0.4, 0.5) is 0 Å². The molecule has 1 amide bonds. The number of aliphatic hydroxyl groups is 2. The summed E-state index contributed by atoms with van der Waals surface area (Å²) in [6.07, 6.45) is -3.18. The molecule has 0 fully saturated rings. The minimum Gasteiger partial charge on any atom is -0.495 e. The minimum absolute atomic E-state index is 0.137. The molecule has 5 nitrogen and oxygen atoms in total. The quantitative estimate of drug-likeness (QED) is 0.708. The molecule has 4 N–H and O–H groups in total. The maximum atomic E-state index is 10.7. The van der Waals surface area contributed by atoms with E-state index >= 15 is 0 Å². The number of ether oxygens (including phenoxy) is 1. The fraction of sp³-hybridized carbons (Fsp3) is 0.300. The third kappa shape index (κ3) is 2.44. The van der Waals surface area contributed by atoms with Crippen molar-refractivity contribution in [1.82, 2.24) is 0 Å². The van der Waals surface area contributed by atoms with Gasteiger partial charge in [-0.15, -0.1) is 0 Å². The molecule has 0 aliphatic rings. The maximum absolute atomic E-state index is 10.7. The first kappa shape index (κ1) is 12.8. The summed E-state index contributed by atoms with van der Waals surface area (Å²) in [4.78, 5) is 10.7. The first-order chi connectivity index (χ1) is 7.49. The van der Waals surface area contributed by atoms with Crippen molar-refractivity contribution in [1.29, 1.82) is 0 Å². The number of amides is 1. The number of hydrogen-bond acceptors (Lipinski definition) is 4. The van der Waals surface area contributed by atoms with Gasteiger partial charge in [-0.3, -0.25) is 4.79 Å². The van der Waals surface area contributed by atoms with E-state index in [1.165, 1.54) is 13.2 Å². The van der Waals surface area contributed by atoms with Crippen molar-refractivity contribution >= 4 is 17.5 Å². The van der Waals surface area contributed by atoms with Crippen LogP contribution in [0.3, 0.4) is 0 Å². The average molecular weight is 246 g/mol. The molecule has 1 aromatic rings. The van der Waals surface area contributed by atoms with Gasteiger partial charge in [-0.1, -0.05) is 23.7 Å². The Balaban J connectivity index is 3.08. The number of rotatable bonds is 4. The van der Waals surface area contributed by atoms with Gasteiger partial charge in [0.05, 0.1) is 12.1 Å². The highest BCUT2D eigenvalue weighted by atomic mass is 35.5. The Labute approximate surface area is 97.4 Å². The Morgan fingerprint density at radius 3 is 2.62 bits per heavy atom. The van der Waals surface area contributed by atoms with Gasteiger partial charge in [0, 0.05) is 5.56 Å². The van der Waals surface area contributed by atoms with Crippen LogP contribution in [0.2, 0.25) is 5.02 Å². The molecule has 6 heteroatoms. The minimum atomic E-state index is -1.70. The Morgan fingerprint density at radius 1 is 1.50 bits per heavy atom. The Kier molecular flexibility index (Phi) is 4.12. The van der Waals surface area contributed by atoms with E-state index in [4.69, 9.17) is 22.1 Å². The Hall–Kier alpha value is -1.30. The Morgan fingerprint density at radius 2 is 2.12 bits per heavy atom. The molecule has 2 atom stereocenters. The average Bonchev–Trinajstić information content (AvgIpc) is 2.27. The van der Waals surface area contributed by atoms with Crippen LogP contribution in [-0.2, 0) is 4.79 Å². The molecule has 16 heavy (non-hydrogen) atoms. The van der Waals surface area contributed by atoms with Gasteiger partial charge < -0.3 is 20.7 Å². The summed E-state index contributed by atoms with van der Waals surface area (Å²) in [5.41, 5.74) is 5.06. The van der Waals surface area contributed by atoms with Crippen LogP contribution in [0, 0.1) is 0 Å². The molecule has 0 saturated heterocycles. The summed E-state index contributed by atoms with van der Waals surface area (Å²) in [6.45, 7) is 0. The zero-order valence-corrected chi connectivity index (χ0v) is 9.31. The molecule has 0 bridgehead atoms. The van der Waals surface area contributed by atoms with Crippen LogP contribution in [0.5, 0.6) is 5.75 Å². The third-order valence-corrected chi connectivity index (χ3v) is 2.53. The van der Waals surface area contributed by atoms with E-state index in [0.717, 1.165) is 0 Å². The molecule has 88 valence electrons. The fourth-order valence-corrected chi connectivity index (χ4v) is 1.55. The number of halogens is 1. The van der Waals surface area contributed by atoms with E-state index in [0.29, 0.717) is 5.75 Å². The van der Waals surface area contributed by atoms with Gasteiger partial charge in [0.25, 0.3) is 0 Å². The largest absolute Gasteiger partial charge is 0.495 e. The predicted octanol–water partition coefficient (Wildman–Crippen LogP) is 0.228. The van der Waals surface area contributed by atoms with Gasteiger partial charge in [-0.25, -0.2) is 0 Å². The SMILES string of the molecule is COc1cccc(C(O)C(O)C(N)=O)c1Cl. The Bertz CT molecular complexity index is 396. The van der Waals surface area contributed by atoms with Gasteiger partial charge in [0.2, 0.25) is 5.91 Å². The van der Waals surface area contributed by atoms with Crippen LogP contribution in [-0.4, -0.2) is 29.3 Å². The van der Waals surface area contributed by atoms with Crippen molar-refractivity contribution in [3.8, 4) is 5.75 Å². The lowest BCUT2D eigenvalue weighted by Crippen LogP contribution is -2.34. The molecule has 0 aromatic heterocycles. The van der Waals surface area contributed by atoms with Crippen LogP contribution in [0.15, 0.2) is 18.2 Å². The second kappa shape index (κ2) is 5.16. The van der Waals surface area contributed by atoms with Gasteiger partial charge >= 0.3 is 0 Å². The standard InChI is InChI=1S/C10H12ClNO4/c1-16-6-4-2-3-5(7(6)11)8(13)9(14)10(12)15/h2-4,8-9,13-14H,1H3,(H2,12,15). The lowest BCUT2D eigenvalue weighted by atomic mass is 10.0. The number of aliphatic hydroxyl groups excluding tert-OH is 2. The summed E-state index contributed by atoms with van der Waals surface area (Å²) in [5, 5.41) is 19.1. The maximum Gasteiger partial charge on any atom is 0.249 e. The summed E-state index contributed by atoms with van der Waals surface area (Å²) >= 11 is 5.90. The molecular weight excluding hydrogens is 234 g/mol. The summed E-state index contributed by atoms with van der Waals surface area (Å²) in [5.74, 6) is -0.679. The van der Waals surface area contributed by atoms with Crippen LogP contribution >= 0.6 is 11.6 Å². The zero-order chi connectivity index (χ0) is 12.3. The number of nitrogens with two attached hydrogens (primary N) is 1. The van der Waals surface area contributed by atoms with E-state index in [1.54, 1.807) is 12.1 Å². The molecule has 1 rings (SSSR count). The van der Waals surface area contributed by atoms with Crippen LogP contribution < -0.4 is 10.5 Å². The molecule has 0 radical (unpaired) electrons. The summed E-state index contributed by atoms with van der Waals surface area (Å²) < 4.78 is 4.94. The molecule has 2 unspecified atom stereocenters. The fourth-order valence-electron chi connectivity index (χ4n) is 1.24. The normalized spacial score (nSPS) is 14.2. The molecule has 0 aliphatic carbocycles. The van der Waals surface area contributed by atoms with Gasteiger partial charge in [0.15, 0.2) is 6.10 Å². The summed E-state index contributed by atoms with van der Waals surface area (Å²) in [7, 11) is 1.42. The number of primary amides is 1. The van der Waals surface area contributed by atoms with Gasteiger partial charge in [-0.05, 0) is 6.07 Å². The second-order valence-corrected chi connectivity index (χ2v) is 3.53. The van der Waals surface area contributed by atoms with Crippen LogP contribution in [0.25, 0.3) is 0 Å². The number of benzene rings is 1. The molecule has 0 spiro atoms. The number of carbonyl (C=O) groups is 1. The molecular formula is C10H12ClNO4. The summed E-state index contributed by atoms with van der Waals surface area (Å²) in [6, 6.07) is 4.65. The first-order valence-corrected chi connectivity index (χ1v) is 4.84.